The molecule has 112 valence electrons. The van der Waals surface area contributed by atoms with Crippen LogP contribution >= 0.6 is 27.3 Å². The lowest BCUT2D eigenvalue weighted by Gasteiger charge is -2.18. The SMILES string of the molecule is CCc1ccc(CC(CNC2CC2)c2cccc(Br)c2)s1. The van der Waals surface area contributed by atoms with Gasteiger partial charge in [0.05, 0.1) is 0 Å². The number of nitrogens with one attached hydrogen (secondary N) is 1. The van der Waals surface area contributed by atoms with Crippen molar-refractivity contribution >= 4 is 27.3 Å². The number of halogens is 1. The molecule has 3 rings (SSSR count). The third kappa shape index (κ3) is 4.41. The summed E-state index contributed by atoms with van der Waals surface area (Å²) in [6.45, 7) is 3.32. The molecule has 0 bridgehead atoms. The Balaban J connectivity index is 1.73. The Bertz CT molecular complexity index is 588. The Morgan fingerprint density at radius 3 is 2.71 bits per heavy atom. The van der Waals surface area contributed by atoms with Crippen molar-refractivity contribution < 1.29 is 0 Å². The molecular formula is C18H22BrNS. The zero-order valence-electron chi connectivity index (χ0n) is 12.4. The maximum Gasteiger partial charge on any atom is 0.0178 e. The van der Waals surface area contributed by atoms with Crippen molar-refractivity contribution in [1.82, 2.24) is 5.32 Å². The van der Waals surface area contributed by atoms with Crippen LogP contribution < -0.4 is 5.32 Å². The summed E-state index contributed by atoms with van der Waals surface area (Å²) in [6.07, 6.45) is 4.99. The Labute approximate surface area is 139 Å². The molecule has 0 saturated heterocycles. The van der Waals surface area contributed by atoms with Gasteiger partial charge in [-0.25, -0.2) is 0 Å². The van der Waals surface area contributed by atoms with Crippen LogP contribution in [0.25, 0.3) is 0 Å². The third-order valence-corrected chi connectivity index (χ3v) is 5.81. The number of rotatable bonds is 7. The van der Waals surface area contributed by atoms with Gasteiger partial charge in [-0.3, -0.25) is 0 Å². The average molecular weight is 364 g/mol. The van der Waals surface area contributed by atoms with Gasteiger partial charge < -0.3 is 5.32 Å². The molecule has 1 heterocycles. The van der Waals surface area contributed by atoms with Crippen LogP contribution in [0.5, 0.6) is 0 Å². The molecule has 0 aliphatic heterocycles. The topological polar surface area (TPSA) is 12.0 Å². The number of hydrogen-bond acceptors (Lipinski definition) is 2. The molecule has 1 saturated carbocycles. The molecule has 1 aliphatic rings. The Kier molecular flexibility index (Phi) is 5.15. The molecule has 1 atom stereocenters. The minimum absolute atomic E-state index is 0.562. The van der Waals surface area contributed by atoms with E-state index in [1.165, 1.54) is 32.6 Å². The molecule has 1 fully saturated rings. The van der Waals surface area contributed by atoms with E-state index < -0.39 is 0 Å². The van der Waals surface area contributed by atoms with Crippen LogP contribution in [-0.4, -0.2) is 12.6 Å². The fourth-order valence-electron chi connectivity index (χ4n) is 2.63. The van der Waals surface area contributed by atoms with Gasteiger partial charge in [0.15, 0.2) is 0 Å². The molecule has 21 heavy (non-hydrogen) atoms. The summed E-state index contributed by atoms with van der Waals surface area (Å²) >= 11 is 5.58. The van der Waals surface area contributed by atoms with E-state index >= 15 is 0 Å². The molecule has 0 radical (unpaired) electrons. The second kappa shape index (κ2) is 7.08. The average Bonchev–Trinajstić information content (AvgIpc) is 3.21. The second-order valence-corrected chi connectivity index (χ2v) is 8.03. The van der Waals surface area contributed by atoms with Gasteiger partial charge >= 0.3 is 0 Å². The van der Waals surface area contributed by atoms with E-state index in [4.69, 9.17) is 0 Å². The van der Waals surface area contributed by atoms with E-state index in [0.29, 0.717) is 5.92 Å². The molecule has 0 spiro atoms. The van der Waals surface area contributed by atoms with Gasteiger partial charge in [-0.1, -0.05) is 35.0 Å². The fourth-order valence-corrected chi connectivity index (χ4v) is 4.08. The molecule has 1 aromatic heterocycles. The normalized spacial score (nSPS) is 16.1. The summed E-state index contributed by atoms with van der Waals surface area (Å²) in [5, 5.41) is 3.70. The fraction of sp³-hybridized carbons (Fsp3) is 0.444. The molecule has 1 aliphatic carbocycles. The predicted octanol–water partition coefficient (Wildman–Crippen LogP) is 5.15. The van der Waals surface area contributed by atoms with E-state index in [9.17, 15) is 0 Å². The van der Waals surface area contributed by atoms with E-state index in [0.717, 1.165) is 25.4 Å². The van der Waals surface area contributed by atoms with Crippen LogP contribution in [0.3, 0.4) is 0 Å². The van der Waals surface area contributed by atoms with Gasteiger partial charge in [-0.15, -0.1) is 11.3 Å². The van der Waals surface area contributed by atoms with Gasteiger partial charge in [0.25, 0.3) is 0 Å². The van der Waals surface area contributed by atoms with Gasteiger partial charge in [0, 0.05) is 32.7 Å². The smallest absolute Gasteiger partial charge is 0.0178 e. The highest BCUT2D eigenvalue weighted by atomic mass is 79.9. The second-order valence-electron chi connectivity index (χ2n) is 5.86. The lowest BCUT2D eigenvalue weighted by atomic mass is 9.95. The first-order chi connectivity index (χ1) is 10.2. The van der Waals surface area contributed by atoms with Gasteiger partial charge in [-0.05, 0) is 55.5 Å². The third-order valence-electron chi connectivity index (χ3n) is 4.06. The highest BCUT2D eigenvalue weighted by Gasteiger charge is 2.23. The van der Waals surface area contributed by atoms with Crippen molar-refractivity contribution in [2.75, 3.05) is 6.54 Å². The Hall–Kier alpha value is -0.640. The quantitative estimate of drug-likeness (QED) is 0.716. The van der Waals surface area contributed by atoms with E-state index in [2.05, 4.69) is 64.6 Å². The maximum atomic E-state index is 3.70. The molecule has 3 heteroatoms. The van der Waals surface area contributed by atoms with Crippen LogP contribution in [0.1, 0.15) is 41.0 Å². The number of thiophene rings is 1. The van der Waals surface area contributed by atoms with Gasteiger partial charge in [-0.2, -0.15) is 0 Å². The van der Waals surface area contributed by atoms with Crippen LogP contribution in [0, 0.1) is 0 Å². The molecule has 0 amide bonds. The summed E-state index contributed by atoms with van der Waals surface area (Å²) in [5.41, 5.74) is 1.43. The summed E-state index contributed by atoms with van der Waals surface area (Å²) in [7, 11) is 0. The Morgan fingerprint density at radius 2 is 2.05 bits per heavy atom. The van der Waals surface area contributed by atoms with Crippen molar-refractivity contribution in [3.8, 4) is 0 Å². The van der Waals surface area contributed by atoms with E-state index in [1.54, 1.807) is 0 Å². The van der Waals surface area contributed by atoms with Crippen molar-refractivity contribution in [3.63, 3.8) is 0 Å². The predicted molar refractivity (Wildman–Crippen MR) is 95.3 cm³/mol. The molecule has 1 unspecified atom stereocenters. The van der Waals surface area contributed by atoms with Crippen LogP contribution in [0.4, 0.5) is 0 Å². The standard InChI is InChI=1S/C18H22BrNS/c1-2-17-8-9-18(21-17)11-14(12-20-16-6-7-16)13-4-3-5-15(19)10-13/h3-5,8-10,14,16,20H,2,6-7,11-12H2,1H3. The lowest BCUT2D eigenvalue weighted by Crippen LogP contribution is -2.24. The van der Waals surface area contributed by atoms with E-state index in [-0.39, 0.29) is 0 Å². The monoisotopic (exact) mass is 363 g/mol. The first-order valence-electron chi connectivity index (χ1n) is 7.81. The first kappa shape index (κ1) is 15.3. The Morgan fingerprint density at radius 1 is 1.24 bits per heavy atom. The number of benzene rings is 1. The van der Waals surface area contributed by atoms with Crippen LogP contribution in [0.15, 0.2) is 40.9 Å². The largest absolute Gasteiger partial charge is 0.313 e. The number of aryl methyl sites for hydroxylation is 1. The highest BCUT2D eigenvalue weighted by molar-refractivity contribution is 9.10. The lowest BCUT2D eigenvalue weighted by molar-refractivity contribution is 0.580. The molecule has 1 N–H and O–H groups in total. The van der Waals surface area contributed by atoms with Crippen molar-refractivity contribution in [3.05, 3.63) is 56.2 Å². The van der Waals surface area contributed by atoms with Crippen molar-refractivity contribution in [1.29, 1.82) is 0 Å². The summed E-state index contributed by atoms with van der Waals surface area (Å²) in [4.78, 5) is 3.00. The van der Waals surface area contributed by atoms with Crippen molar-refractivity contribution in [2.45, 2.75) is 44.6 Å². The molecule has 2 aromatic rings. The zero-order chi connectivity index (χ0) is 14.7. The summed E-state index contributed by atoms with van der Waals surface area (Å²) in [6, 6.07) is 14.2. The molecular weight excluding hydrogens is 342 g/mol. The minimum atomic E-state index is 0.562. The minimum Gasteiger partial charge on any atom is -0.313 e. The van der Waals surface area contributed by atoms with Gasteiger partial charge in [0.2, 0.25) is 0 Å². The van der Waals surface area contributed by atoms with Crippen LogP contribution in [0.2, 0.25) is 0 Å². The maximum absolute atomic E-state index is 3.70. The van der Waals surface area contributed by atoms with E-state index in [1.807, 2.05) is 11.3 Å². The first-order valence-corrected chi connectivity index (χ1v) is 9.42. The van der Waals surface area contributed by atoms with Crippen LogP contribution in [-0.2, 0) is 12.8 Å². The summed E-state index contributed by atoms with van der Waals surface area (Å²) < 4.78 is 1.18. The highest BCUT2D eigenvalue weighted by Crippen LogP contribution is 2.28. The zero-order valence-corrected chi connectivity index (χ0v) is 14.8. The summed E-state index contributed by atoms with van der Waals surface area (Å²) in [5.74, 6) is 0.562. The molecule has 1 nitrogen and oxygen atoms in total. The number of hydrogen-bond donors (Lipinski definition) is 1. The van der Waals surface area contributed by atoms with Gasteiger partial charge in [0.1, 0.15) is 0 Å². The molecule has 1 aromatic carbocycles. The van der Waals surface area contributed by atoms with Crippen molar-refractivity contribution in [2.24, 2.45) is 0 Å².